The van der Waals surface area contributed by atoms with Crippen molar-refractivity contribution in [1.82, 2.24) is 4.90 Å². The second-order valence-electron chi connectivity index (χ2n) is 4.44. The summed E-state index contributed by atoms with van der Waals surface area (Å²) in [5.41, 5.74) is 2.66. The molecule has 1 aromatic carbocycles. The molecule has 0 spiro atoms. The predicted octanol–water partition coefficient (Wildman–Crippen LogP) is 1.24. The van der Waals surface area contributed by atoms with Crippen molar-refractivity contribution in [2.24, 2.45) is 0 Å². The number of amides is 1. The number of hydrogen-bond donors (Lipinski definition) is 1. The minimum atomic E-state index is -0.754. The quantitative estimate of drug-likeness (QED) is 0.876. The van der Waals surface area contributed by atoms with Crippen molar-refractivity contribution in [3.63, 3.8) is 0 Å². The van der Waals surface area contributed by atoms with Crippen LogP contribution in [-0.4, -0.2) is 46.7 Å². The number of carbonyl (C=O) groups is 1. The minimum Gasteiger partial charge on any atom is -0.387 e. The smallest absolute Gasteiger partial charge is 0.256 e. The second-order valence-corrected chi connectivity index (χ2v) is 6.14. The third-order valence-corrected chi connectivity index (χ3v) is 4.42. The van der Waals surface area contributed by atoms with Crippen LogP contribution in [0.2, 0.25) is 0 Å². The predicted molar refractivity (Wildman–Crippen MR) is 74.5 cm³/mol. The van der Waals surface area contributed by atoms with Gasteiger partial charge in [0.15, 0.2) is 0 Å². The van der Waals surface area contributed by atoms with Crippen LogP contribution in [0.15, 0.2) is 18.2 Å². The molecule has 1 aromatic rings. The van der Waals surface area contributed by atoms with E-state index in [9.17, 15) is 9.00 Å². The molecule has 1 fully saturated rings. The highest BCUT2D eigenvalue weighted by Gasteiger charge is 2.22. The molecule has 4 nitrogen and oxygen atoms in total. The molecule has 1 aliphatic rings. The number of benzene rings is 1. The van der Waals surface area contributed by atoms with E-state index >= 15 is 0 Å². The summed E-state index contributed by atoms with van der Waals surface area (Å²) in [5.74, 6) is 1.20. The van der Waals surface area contributed by atoms with Gasteiger partial charge in [-0.2, -0.15) is 0 Å². The molecule has 98 valence electrons. The zero-order valence-corrected chi connectivity index (χ0v) is 11.5. The van der Waals surface area contributed by atoms with Crippen molar-refractivity contribution in [2.75, 3.05) is 37.0 Å². The van der Waals surface area contributed by atoms with Gasteiger partial charge in [-0.3, -0.25) is 9.00 Å². The molecule has 0 unspecified atom stereocenters. The Morgan fingerprint density at radius 3 is 2.61 bits per heavy atom. The van der Waals surface area contributed by atoms with Crippen LogP contribution in [0.25, 0.3) is 0 Å². The second kappa shape index (κ2) is 5.52. The maximum absolute atomic E-state index is 12.4. The van der Waals surface area contributed by atoms with Crippen LogP contribution in [0, 0.1) is 6.92 Å². The first kappa shape index (κ1) is 13.1. The molecule has 2 rings (SSSR count). The summed E-state index contributed by atoms with van der Waals surface area (Å²) in [6.45, 7) is 3.17. The van der Waals surface area contributed by atoms with E-state index in [1.54, 1.807) is 4.90 Å². The molecule has 18 heavy (non-hydrogen) atoms. The normalized spacial score (nSPS) is 16.7. The molecule has 1 saturated heterocycles. The summed E-state index contributed by atoms with van der Waals surface area (Å²) in [6.07, 6.45) is 0. The summed E-state index contributed by atoms with van der Waals surface area (Å²) in [4.78, 5) is 14.2. The monoisotopic (exact) mass is 266 g/mol. The fraction of sp³-hybridized carbons (Fsp3) is 0.462. The lowest BCUT2D eigenvalue weighted by Gasteiger charge is -2.27. The molecule has 0 radical (unpaired) electrons. The van der Waals surface area contributed by atoms with Crippen molar-refractivity contribution in [1.29, 1.82) is 0 Å². The molecule has 0 aliphatic carbocycles. The molecule has 1 heterocycles. The van der Waals surface area contributed by atoms with Gasteiger partial charge in [0, 0.05) is 48.1 Å². The molecular formula is C13H18N2O2S. The fourth-order valence-electron chi connectivity index (χ4n) is 2.06. The van der Waals surface area contributed by atoms with E-state index in [1.807, 2.05) is 32.2 Å². The van der Waals surface area contributed by atoms with Crippen LogP contribution in [0.4, 0.5) is 5.69 Å². The van der Waals surface area contributed by atoms with Crippen LogP contribution in [0.5, 0.6) is 0 Å². The zero-order chi connectivity index (χ0) is 13.1. The van der Waals surface area contributed by atoms with Crippen LogP contribution < -0.4 is 5.32 Å². The van der Waals surface area contributed by atoms with Crippen molar-refractivity contribution in [2.45, 2.75) is 6.92 Å². The highest BCUT2D eigenvalue weighted by atomic mass is 32.2. The molecule has 1 N–H and O–H groups in total. The van der Waals surface area contributed by atoms with Crippen LogP contribution >= 0.6 is 0 Å². The Balaban J connectivity index is 2.20. The highest BCUT2D eigenvalue weighted by molar-refractivity contribution is 7.85. The number of hydrogen-bond acceptors (Lipinski definition) is 3. The number of carbonyl (C=O) groups excluding carboxylic acids is 1. The Morgan fingerprint density at radius 2 is 2.00 bits per heavy atom. The van der Waals surface area contributed by atoms with Gasteiger partial charge in [-0.25, -0.2) is 0 Å². The third-order valence-electron chi connectivity index (χ3n) is 3.14. The van der Waals surface area contributed by atoms with E-state index < -0.39 is 10.8 Å². The molecule has 0 bridgehead atoms. The summed E-state index contributed by atoms with van der Waals surface area (Å²) < 4.78 is 11.3. The number of aryl methyl sites for hydroxylation is 1. The van der Waals surface area contributed by atoms with Gasteiger partial charge in [0.25, 0.3) is 5.91 Å². The van der Waals surface area contributed by atoms with Crippen LogP contribution in [0.3, 0.4) is 0 Å². The number of anilines is 1. The standard InChI is InChI=1S/C13H18N2O2S/c1-10-3-4-11(12(9-10)14-2)13(16)15-5-7-18(17)8-6-15/h3-4,9,14H,5-8H2,1-2H3. The topological polar surface area (TPSA) is 49.4 Å². The summed E-state index contributed by atoms with van der Waals surface area (Å²) in [7, 11) is 1.06. The number of nitrogens with zero attached hydrogens (tertiary/aromatic N) is 1. The van der Waals surface area contributed by atoms with Gasteiger partial charge in [-0.1, -0.05) is 6.07 Å². The SMILES string of the molecule is CNc1cc(C)ccc1C(=O)N1CCS(=O)CC1. The lowest BCUT2D eigenvalue weighted by Crippen LogP contribution is -2.42. The van der Waals surface area contributed by atoms with Crippen molar-refractivity contribution >= 4 is 22.4 Å². The van der Waals surface area contributed by atoms with Crippen molar-refractivity contribution < 1.29 is 9.00 Å². The van der Waals surface area contributed by atoms with Gasteiger partial charge >= 0.3 is 0 Å². The maximum Gasteiger partial charge on any atom is 0.256 e. The average molecular weight is 266 g/mol. The minimum absolute atomic E-state index is 0.0241. The first-order valence-corrected chi connectivity index (χ1v) is 7.53. The molecule has 1 aliphatic heterocycles. The Bertz CT molecular complexity index is 478. The van der Waals surface area contributed by atoms with Crippen LogP contribution in [-0.2, 0) is 10.8 Å². The van der Waals surface area contributed by atoms with Crippen molar-refractivity contribution in [3.8, 4) is 0 Å². The Kier molecular flexibility index (Phi) is 4.01. The van der Waals surface area contributed by atoms with Crippen LogP contribution in [0.1, 0.15) is 15.9 Å². The Labute approximate surface area is 110 Å². The average Bonchev–Trinajstić information content (AvgIpc) is 2.38. The van der Waals surface area contributed by atoms with E-state index in [0.29, 0.717) is 30.2 Å². The van der Waals surface area contributed by atoms with E-state index in [4.69, 9.17) is 0 Å². The summed E-state index contributed by atoms with van der Waals surface area (Å²) >= 11 is 0. The van der Waals surface area contributed by atoms with Gasteiger partial charge < -0.3 is 10.2 Å². The van der Waals surface area contributed by atoms with Gasteiger partial charge in [0.2, 0.25) is 0 Å². The Morgan fingerprint density at radius 1 is 1.33 bits per heavy atom. The third kappa shape index (κ3) is 2.72. The zero-order valence-electron chi connectivity index (χ0n) is 10.7. The molecule has 0 saturated carbocycles. The van der Waals surface area contributed by atoms with Gasteiger partial charge in [0.1, 0.15) is 0 Å². The highest BCUT2D eigenvalue weighted by Crippen LogP contribution is 2.19. The molecule has 5 heteroatoms. The lowest BCUT2D eigenvalue weighted by molar-refractivity contribution is 0.0772. The number of nitrogens with one attached hydrogen (secondary N) is 1. The summed E-state index contributed by atoms with van der Waals surface area (Å²) in [6, 6.07) is 5.76. The largest absolute Gasteiger partial charge is 0.387 e. The molecular weight excluding hydrogens is 248 g/mol. The van der Waals surface area contributed by atoms with E-state index in [-0.39, 0.29) is 5.91 Å². The molecule has 0 aromatic heterocycles. The van der Waals surface area contributed by atoms with E-state index in [0.717, 1.165) is 11.3 Å². The molecule has 1 amide bonds. The van der Waals surface area contributed by atoms with Gasteiger partial charge in [0.05, 0.1) is 5.56 Å². The maximum atomic E-state index is 12.4. The number of rotatable bonds is 2. The molecule has 0 atom stereocenters. The first-order chi connectivity index (χ1) is 8.61. The first-order valence-electron chi connectivity index (χ1n) is 6.04. The van der Waals surface area contributed by atoms with E-state index in [1.165, 1.54) is 0 Å². The van der Waals surface area contributed by atoms with Gasteiger partial charge in [-0.15, -0.1) is 0 Å². The lowest BCUT2D eigenvalue weighted by atomic mass is 10.1. The fourth-order valence-corrected chi connectivity index (χ4v) is 3.11. The van der Waals surface area contributed by atoms with Gasteiger partial charge in [-0.05, 0) is 24.6 Å². The van der Waals surface area contributed by atoms with Crippen molar-refractivity contribution in [3.05, 3.63) is 29.3 Å². The van der Waals surface area contributed by atoms with E-state index in [2.05, 4.69) is 5.32 Å². The Hall–Kier alpha value is -1.36. The summed E-state index contributed by atoms with van der Waals surface area (Å²) in [5, 5.41) is 3.06.